The Hall–Kier alpha value is -3.11. The van der Waals surface area contributed by atoms with Gasteiger partial charge in [0.1, 0.15) is 5.54 Å². The minimum absolute atomic E-state index is 0.139. The second-order valence-corrected chi connectivity index (χ2v) is 8.70. The molecule has 0 aliphatic carbocycles. The zero-order valence-electron chi connectivity index (χ0n) is 18.4. The van der Waals surface area contributed by atoms with Gasteiger partial charge in [-0.1, -0.05) is 44.2 Å². The van der Waals surface area contributed by atoms with Crippen LogP contribution in [0.4, 0.5) is 10.5 Å². The van der Waals surface area contributed by atoms with E-state index in [4.69, 9.17) is 4.74 Å². The largest absolute Gasteiger partial charge is 0.436 e. The Labute approximate surface area is 183 Å². The number of nitrogens with zero attached hydrogens (tertiary/aromatic N) is 2. The number of rotatable bonds is 6. The van der Waals surface area contributed by atoms with Gasteiger partial charge in [-0.3, -0.25) is 10.1 Å². The molecular weight excluding hydrogens is 392 g/mol. The number of fused-ring (bicyclic) bond motifs is 1. The molecule has 1 unspecified atom stereocenters. The van der Waals surface area contributed by atoms with Gasteiger partial charge in [0.2, 0.25) is 0 Å². The van der Waals surface area contributed by atoms with Crippen LogP contribution in [0.5, 0.6) is 0 Å². The third kappa shape index (κ3) is 5.96. The molecule has 0 spiro atoms. The molecule has 7 nitrogen and oxygen atoms in total. The summed E-state index contributed by atoms with van der Waals surface area (Å²) in [6.45, 7) is 5.37. The average molecular weight is 423 g/mol. The number of hydrogen-bond acceptors (Lipinski definition) is 5. The van der Waals surface area contributed by atoms with Crippen LogP contribution >= 0.6 is 0 Å². The highest BCUT2D eigenvalue weighted by Gasteiger charge is 2.38. The molecule has 0 bridgehead atoms. The quantitative estimate of drug-likeness (QED) is 0.736. The topological polar surface area (TPSA) is 94.5 Å². The lowest BCUT2D eigenvalue weighted by Crippen LogP contribution is -2.56. The summed E-state index contributed by atoms with van der Waals surface area (Å²) in [5.41, 5.74) is -0.326. The number of nitrogens with one attached hydrogen (secondary N) is 2. The van der Waals surface area contributed by atoms with Gasteiger partial charge in [0, 0.05) is 18.8 Å². The molecule has 1 saturated heterocycles. The minimum atomic E-state index is -0.967. The van der Waals surface area contributed by atoms with Crippen LogP contribution in [-0.2, 0) is 9.53 Å². The first-order valence-electron chi connectivity index (χ1n) is 10.7. The number of carbonyl (C=O) groups is 2. The second-order valence-electron chi connectivity index (χ2n) is 8.70. The van der Waals surface area contributed by atoms with Crippen molar-refractivity contribution in [2.75, 3.05) is 25.5 Å². The number of anilines is 1. The maximum absolute atomic E-state index is 13.0. The molecule has 0 saturated carbocycles. The van der Waals surface area contributed by atoms with E-state index in [0.717, 1.165) is 23.9 Å². The van der Waals surface area contributed by atoms with Gasteiger partial charge >= 0.3 is 6.09 Å². The fraction of sp³-hybridized carbons (Fsp3) is 0.458. The van der Waals surface area contributed by atoms with Crippen molar-refractivity contribution >= 4 is 28.5 Å². The summed E-state index contributed by atoms with van der Waals surface area (Å²) in [6, 6.07) is 15.7. The van der Waals surface area contributed by atoms with E-state index in [0.29, 0.717) is 24.9 Å². The second kappa shape index (κ2) is 9.80. The molecule has 3 rings (SSSR count). The lowest BCUT2D eigenvalue weighted by molar-refractivity contribution is -0.132. The number of amides is 2. The molecule has 1 aliphatic heterocycles. The van der Waals surface area contributed by atoms with E-state index in [-0.39, 0.29) is 5.92 Å². The van der Waals surface area contributed by atoms with Gasteiger partial charge in [0.05, 0.1) is 6.07 Å². The SMILES string of the molecule is CC(C)CC(OC(=O)Nc1ccc2ccccc2c1)C(=O)NC1(C#N)CCN(C)CC1. The Morgan fingerprint density at radius 1 is 1.16 bits per heavy atom. The van der Waals surface area contributed by atoms with Gasteiger partial charge in [0.15, 0.2) is 6.10 Å². The van der Waals surface area contributed by atoms with E-state index in [9.17, 15) is 14.9 Å². The van der Waals surface area contributed by atoms with Crippen LogP contribution in [0.1, 0.15) is 33.1 Å². The van der Waals surface area contributed by atoms with Crippen molar-refractivity contribution in [2.24, 2.45) is 5.92 Å². The summed E-state index contributed by atoms with van der Waals surface area (Å²) in [7, 11) is 1.99. The minimum Gasteiger partial charge on any atom is -0.436 e. The zero-order chi connectivity index (χ0) is 22.4. The number of nitriles is 1. The van der Waals surface area contributed by atoms with Crippen molar-refractivity contribution in [3.63, 3.8) is 0 Å². The van der Waals surface area contributed by atoms with Gasteiger partial charge in [-0.15, -0.1) is 0 Å². The third-order valence-corrected chi connectivity index (χ3v) is 5.64. The first kappa shape index (κ1) is 22.6. The Balaban J connectivity index is 1.67. The monoisotopic (exact) mass is 422 g/mol. The molecule has 2 N–H and O–H groups in total. The number of benzene rings is 2. The van der Waals surface area contributed by atoms with Crippen molar-refractivity contribution in [3.05, 3.63) is 42.5 Å². The van der Waals surface area contributed by atoms with E-state index >= 15 is 0 Å². The molecule has 7 heteroatoms. The van der Waals surface area contributed by atoms with Crippen molar-refractivity contribution in [2.45, 2.75) is 44.8 Å². The lowest BCUT2D eigenvalue weighted by atomic mass is 9.88. The van der Waals surface area contributed by atoms with Crippen molar-refractivity contribution in [1.82, 2.24) is 10.2 Å². The fourth-order valence-corrected chi connectivity index (χ4v) is 3.76. The van der Waals surface area contributed by atoms with E-state index in [1.165, 1.54) is 0 Å². The summed E-state index contributed by atoms with van der Waals surface area (Å²) >= 11 is 0. The number of ether oxygens (including phenoxy) is 1. The van der Waals surface area contributed by atoms with E-state index in [1.807, 2.05) is 57.3 Å². The van der Waals surface area contributed by atoms with Crippen LogP contribution in [0, 0.1) is 17.2 Å². The van der Waals surface area contributed by atoms with E-state index in [1.54, 1.807) is 6.07 Å². The van der Waals surface area contributed by atoms with Crippen molar-refractivity contribution in [1.29, 1.82) is 5.26 Å². The Morgan fingerprint density at radius 3 is 2.48 bits per heavy atom. The molecule has 1 fully saturated rings. The number of likely N-dealkylation sites (tertiary alicyclic amines) is 1. The van der Waals surface area contributed by atoms with E-state index in [2.05, 4.69) is 21.6 Å². The van der Waals surface area contributed by atoms with E-state index < -0.39 is 23.6 Å². The Morgan fingerprint density at radius 2 is 1.84 bits per heavy atom. The molecule has 1 aliphatic rings. The summed E-state index contributed by atoms with van der Waals surface area (Å²) in [4.78, 5) is 27.6. The Kier molecular flexibility index (Phi) is 7.13. The number of carbonyl (C=O) groups excluding carboxylic acids is 2. The third-order valence-electron chi connectivity index (χ3n) is 5.64. The van der Waals surface area contributed by atoms with Crippen molar-refractivity contribution < 1.29 is 14.3 Å². The van der Waals surface area contributed by atoms with Crippen LogP contribution in [-0.4, -0.2) is 48.7 Å². The normalized spacial score (nSPS) is 17.0. The maximum Gasteiger partial charge on any atom is 0.412 e. The first-order valence-corrected chi connectivity index (χ1v) is 10.7. The van der Waals surface area contributed by atoms with Crippen LogP contribution < -0.4 is 10.6 Å². The van der Waals surface area contributed by atoms with Gasteiger partial charge in [0.25, 0.3) is 5.91 Å². The molecule has 31 heavy (non-hydrogen) atoms. The summed E-state index contributed by atoms with van der Waals surface area (Å²) in [5.74, 6) is -0.284. The molecule has 164 valence electrons. The van der Waals surface area contributed by atoms with Crippen molar-refractivity contribution in [3.8, 4) is 6.07 Å². The summed E-state index contributed by atoms with van der Waals surface area (Å²) < 4.78 is 5.51. The molecular formula is C24H30N4O3. The standard InChI is InChI=1S/C24H30N4O3/c1-17(2)14-21(22(29)27-24(16-25)10-12-28(3)13-11-24)31-23(30)26-20-9-8-18-6-4-5-7-19(18)15-20/h4-9,15,17,21H,10-14H2,1-3H3,(H,26,30)(H,27,29). The number of hydrogen-bond donors (Lipinski definition) is 2. The van der Waals surface area contributed by atoms with Gasteiger partial charge in [-0.25, -0.2) is 4.79 Å². The Bertz CT molecular complexity index is 974. The van der Waals surface area contributed by atoms with Gasteiger partial charge in [-0.05, 0) is 55.1 Å². The smallest absolute Gasteiger partial charge is 0.412 e. The highest BCUT2D eigenvalue weighted by Crippen LogP contribution is 2.23. The molecule has 0 radical (unpaired) electrons. The van der Waals surface area contributed by atoms with Gasteiger partial charge in [-0.2, -0.15) is 5.26 Å². The average Bonchev–Trinajstić information content (AvgIpc) is 2.74. The number of piperidine rings is 1. The van der Waals surface area contributed by atoms with Crippen LogP contribution in [0.3, 0.4) is 0 Å². The summed E-state index contributed by atoms with van der Waals surface area (Å²) in [5, 5.41) is 17.3. The van der Waals surface area contributed by atoms with Crippen LogP contribution in [0.15, 0.2) is 42.5 Å². The molecule has 2 amide bonds. The molecule has 1 atom stereocenters. The predicted octanol–water partition coefficient (Wildman–Crippen LogP) is 3.91. The maximum atomic E-state index is 13.0. The molecule has 2 aromatic rings. The highest BCUT2D eigenvalue weighted by atomic mass is 16.6. The predicted molar refractivity (Wildman–Crippen MR) is 121 cm³/mol. The first-order chi connectivity index (χ1) is 14.8. The zero-order valence-corrected chi connectivity index (χ0v) is 18.4. The molecule has 0 aromatic heterocycles. The molecule has 1 heterocycles. The fourth-order valence-electron chi connectivity index (χ4n) is 3.76. The summed E-state index contributed by atoms with van der Waals surface area (Å²) in [6.07, 6.45) is -0.193. The van der Waals surface area contributed by atoms with Crippen LogP contribution in [0.2, 0.25) is 0 Å². The molecule has 2 aromatic carbocycles. The van der Waals surface area contributed by atoms with Crippen LogP contribution in [0.25, 0.3) is 10.8 Å². The van der Waals surface area contributed by atoms with Gasteiger partial charge < -0.3 is 15.0 Å². The highest BCUT2D eigenvalue weighted by molar-refractivity contribution is 5.92. The lowest BCUT2D eigenvalue weighted by Gasteiger charge is -2.36.